The van der Waals surface area contributed by atoms with Gasteiger partial charge in [-0.2, -0.15) is 26.3 Å². The third kappa shape index (κ3) is 4.43. The van der Waals surface area contributed by atoms with Gasteiger partial charge in [0.15, 0.2) is 5.58 Å². The Morgan fingerprint density at radius 2 is 1.69 bits per heavy atom. The maximum atomic E-state index is 13.5. The number of fused-ring (bicyclic) bond motifs is 1. The summed E-state index contributed by atoms with van der Waals surface area (Å²) in [5.41, 5.74) is -0.843. The van der Waals surface area contributed by atoms with E-state index in [1.807, 2.05) is 0 Å². The first-order chi connectivity index (χ1) is 17.0. The minimum absolute atomic E-state index is 0.00123. The van der Waals surface area contributed by atoms with E-state index in [2.05, 4.69) is 4.98 Å². The van der Waals surface area contributed by atoms with Crippen molar-refractivity contribution in [2.24, 2.45) is 0 Å². The summed E-state index contributed by atoms with van der Waals surface area (Å²) >= 11 is 0. The number of rotatable bonds is 3. The number of carbonyl (C=O) groups excluding carboxylic acids is 1. The molecule has 0 radical (unpaired) electrons. The lowest BCUT2D eigenvalue weighted by molar-refractivity contribution is -0.138. The highest BCUT2D eigenvalue weighted by atomic mass is 19.4. The van der Waals surface area contributed by atoms with Crippen molar-refractivity contribution in [2.75, 3.05) is 6.54 Å². The van der Waals surface area contributed by atoms with Gasteiger partial charge in [-0.25, -0.2) is 4.98 Å². The summed E-state index contributed by atoms with van der Waals surface area (Å²) in [6, 6.07) is 13.3. The number of carbonyl (C=O) groups is 1. The van der Waals surface area contributed by atoms with Crippen LogP contribution in [0.5, 0.6) is 0 Å². The first-order valence-corrected chi connectivity index (χ1v) is 11.1. The lowest BCUT2D eigenvalue weighted by atomic mass is 9.99. The van der Waals surface area contributed by atoms with E-state index in [0.29, 0.717) is 36.0 Å². The highest BCUT2D eigenvalue weighted by Crippen LogP contribution is 2.39. The summed E-state index contributed by atoms with van der Waals surface area (Å²) in [5.74, 6) is -0.394. The molecule has 0 saturated carbocycles. The molecule has 1 amide bonds. The molecule has 1 fully saturated rings. The van der Waals surface area contributed by atoms with Crippen molar-refractivity contribution in [1.82, 2.24) is 9.88 Å². The summed E-state index contributed by atoms with van der Waals surface area (Å²) in [5, 5.41) is 0. The Hall–Kier alpha value is -3.82. The number of nitrogens with zero attached hydrogens (tertiary/aromatic N) is 2. The van der Waals surface area contributed by atoms with Gasteiger partial charge in [0.25, 0.3) is 5.91 Å². The SMILES string of the molecule is O=C(c1cccc(C(F)(F)F)c1)N1CCC[C@@H]1c1nc2cc(-c3ccccc3C(F)(F)F)ccc2o1. The molecule has 36 heavy (non-hydrogen) atoms. The number of halogens is 6. The van der Waals surface area contributed by atoms with Crippen molar-refractivity contribution in [3.63, 3.8) is 0 Å². The molecule has 0 spiro atoms. The van der Waals surface area contributed by atoms with E-state index >= 15 is 0 Å². The molecule has 2 heterocycles. The summed E-state index contributed by atoms with van der Waals surface area (Å²) in [6.07, 6.45) is -8.03. The van der Waals surface area contributed by atoms with Crippen molar-refractivity contribution in [3.8, 4) is 11.1 Å². The summed E-state index contributed by atoms with van der Waals surface area (Å²) in [6.45, 7) is 0.308. The van der Waals surface area contributed by atoms with Gasteiger partial charge < -0.3 is 9.32 Å². The van der Waals surface area contributed by atoms with Gasteiger partial charge in [-0.15, -0.1) is 0 Å². The molecule has 1 aliphatic heterocycles. The molecule has 1 aliphatic rings. The maximum Gasteiger partial charge on any atom is 0.417 e. The normalized spacial score (nSPS) is 16.6. The molecule has 1 saturated heterocycles. The van der Waals surface area contributed by atoms with Gasteiger partial charge in [0.1, 0.15) is 11.6 Å². The van der Waals surface area contributed by atoms with Crippen LogP contribution in [0.1, 0.15) is 46.3 Å². The summed E-state index contributed by atoms with van der Waals surface area (Å²) < 4.78 is 85.5. The van der Waals surface area contributed by atoms with Gasteiger partial charge in [-0.3, -0.25) is 4.79 Å². The van der Waals surface area contributed by atoms with Gasteiger partial charge in [-0.05, 0) is 60.4 Å². The van der Waals surface area contributed by atoms with Crippen molar-refractivity contribution in [3.05, 3.63) is 89.3 Å². The van der Waals surface area contributed by atoms with Crippen LogP contribution in [0, 0.1) is 0 Å². The molecule has 4 aromatic rings. The summed E-state index contributed by atoms with van der Waals surface area (Å²) in [4.78, 5) is 18.9. The molecule has 3 aromatic carbocycles. The molecule has 186 valence electrons. The minimum Gasteiger partial charge on any atom is -0.438 e. The Kier molecular flexibility index (Phi) is 5.77. The molecule has 10 heteroatoms. The van der Waals surface area contributed by atoms with Gasteiger partial charge in [0, 0.05) is 12.1 Å². The fraction of sp³-hybridized carbons (Fsp3) is 0.231. The number of hydrogen-bond acceptors (Lipinski definition) is 3. The highest BCUT2D eigenvalue weighted by molar-refractivity contribution is 5.95. The first kappa shape index (κ1) is 23.9. The minimum atomic E-state index is -4.58. The van der Waals surface area contributed by atoms with Crippen molar-refractivity contribution in [1.29, 1.82) is 0 Å². The van der Waals surface area contributed by atoms with E-state index in [1.54, 1.807) is 0 Å². The number of likely N-dealkylation sites (tertiary alicyclic amines) is 1. The largest absolute Gasteiger partial charge is 0.438 e. The van der Waals surface area contributed by atoms with Crippen LogP contribution in [0.4, 0.5) is 26.3 Å². The zero-order valence-electron chi connectivity index (χ0n) is 18.5. The Bertz CT molecular complexity index is 1440. The number of hydrogen-bond donors (Lipinski definition) is 0. The molecule has 0 unspecified atom stereocenters. The van der Waals surface area contributed by atoms with Crippen molar-refractivity contribution in [2.45, 2.75) is 31.2 Å². The standard InChI is InChI=1S/C26H18F6N2O2/c27-25(28,29)17-6-3-5-16(13-17)24(35)34-12-4-9-21(34)23-33-20-14-15(10-11-22(20)36-23)18-7-1-2-8-19(18)26(30,31)32/h1-3,5-8,10-11,13-14,21H,4,9,12H2/t21-/m1/s1. The highest BCUT2D eigenvalue weighted by Gasteiger charge is 2.36. The number of oxazole rings is 1. The second-order valence-electron chi connectivity index (χ2n) is 8.51. The van der Waals surface area contributed by atoms with E-state index in [4.69, 9.17) is 4.42 Å². The van der Waals surface area contributed by atoms with E-state index in [-0.39, 0.29) is 17.0 Å². The third-order valence-electron chi connectivity index (χ3n) is 6.18. The second kappa shape index (κ2) is 8.69. The average molecular weight is 504 g/mol. The Labute approximate surface area is 201 Å². The topological polar surface area (TPSA) is 46.3 Å². The predicted octanol–water partition coefficient (Wildman–Crippen LogP) is 7.51. The Balaban J connectivity index is 1.47. The van der Waals surface area contributed by atoms with E-state index in [0.717, 1.165) is 18.2 Å². The van der Waals surface area contributed by atoms with Crippen LogP contribution < -0.4 is 0 Å². The first-order valence-electron chi connectivity index (χ1n) is 11.1. The van der Waals surface area contributed by atoms with Crippen LogP contribution in [-0.2, 0) is 12.4 Å². The van der Waals surface area contributed by atoms with E-state index in [9.17, 15) is 31.1 Å². The second-order valence-corrected chi connectivity index (χ2v) is 8.51. The maximum absolute atomic E-state index is 13.5. The Morgan fingerprint density at radius 3 is 2.44 bits per heavy atom. The van der Waals surface area contributed by atoms with Gasteiger partial charge in [0.2, 0.25) is 5.89 Å². The van der Waals surface area contributed by atoms with Gasteiger partial charge in [-0.1, -0.05) is 30.3 Å². The average Bonchev–Trinajstić information content (AvgIpc) is 3.49. The van der Waals surface area contributed by atoms with Crippen LogP contribution in [-0.4, -0.2) is 22.3 Å². The van der Waals surface area contributed by atoms with E-state index in [1.165, 1.54) is 53.4 Å². The molecule has 5 rings (SSSR count). The third-order valence-corrected chi connectivity index (χ3v) is 6.18. The smallest absolute Gasteiger partial charge is 0.417 e. The number of aromatic nitrogens is 1. The van der Waals surface area contributed by atoms with Crippen LogP contribution in [0.3, 0.4) is 0 Å². The van der Waals surface area contributed by atoms with Gasteiger partial charge in [0.05, 0.1) is 11.1 Å². The van der Waals surface area contributed by atoms with Crippen LogP contribution in [0.2, 0.25) is 0 Å². The fourth-order valence-electron chi connectivity index (χ4n) is 4.50. The van der Waals surface area contributed by atoms with Crippen LogP contribution in [0.15, 0.2) is 71.1 Å². The molecular weight excluding hydrogens is 486 g/mol. The molecule has 0 bridgehead atoms. The molecule has 1 aromatic heterocycles. The molecule has 1 atom stereocenters. The van der Waals surface area contributed by atoms with Crippen molar-refractivity contribution >= 4 is 17.0 Å². The van der Waals surface area contributed by atoms with Gasteiger partial charge >= 0.3 is 12.4 Å². The lowest BCUT2D eigenvalue weighted by Crippen LogP contribution is -2.31. The summed E-state index contributed by atoms with van der Waals surface area (Å²) in [7, 11) is 0. The lowest BCUT2D eigenvalue weighted by Gasteiger charge is -2.22. The monoisotopic (exact) mass is 504 g/mol. The van der Waals surface area contributed by atoms with Crippen LogP contribution >= 0.6 is 0 Å². The molecule has 4 nitrogen and oxygen atoms in total. The molecule has 0 N–H and O–H groups in total. The van der Waals surface area contributed by atoms with Crippen LogP contribution in [0.25, 0.3) is 22.2 Å². The number of benzene rings is 3. The van der Waals surface area contributed by atoms with Crippen molar-refractivity contribution < 1.29 is 35.6 Å². The molecular formula is C26H18F6N2O2. The van der Waals surface area contributed by atoms with E-state index < -0.39 is 35.4 Å². The number of amides is 1. The zero-order chi connectivity index (χ0) is 25.7. The Morgan fingerprint density at radius 1 is 0.917 bits per heavy atom. The molecule has 0 aliphatic carbocycles. The fourth-order valence-corrected chi connectivity index (χ4v) is 4.50. The number of alkyl halides is 6. The predicted molar refractivity (Wildman–Crippen MR) is 119 cm³/mol. The zero-order valence-corrected chi connectivity index (χ0v) is 18.5. The quantitative estimate of drug-likeness (QED) is 0.271.